The third-order valence-corrected chi connectivity index (χ3v) is 3.93. The molecule has 1 aromatic rings. The van der Waals surface area contributed by atoms with Gasteiger partial charge in [0, 0.05) is 5.54 Å². The van der Waals surface area contributed by atoms with Gasteiger partial charge in [-0.3, -0.25) is 0 Å². The molecular formula is C22H37NO. The van der Waals surface area contributed by atoms with Crippen LogP contribution in [-0.4, -0.2) is 18.7 Å². The molecule has 2 nitrogen and oxygen atoms in total. The number of hydrogen-bond acceptors (Lipinski definition) is 2. The smallest absolute Gasteiger partial charge is 0.119 e. The second kappa shape index (κ2) is 10.6. The van der Waals surface area contributed by atoms with E-state index in [-0.39, 0.29) is 5.54 Å². The molecule has 0 saturated heterocycles. The van der Waals surface area contributed by atoms with Crippen LogP contribution in [-0.2, 0) is 6.42 Å². The summed E-state index contributed by atoms with van der Waals surface area (Å²) in [5, 5.41) is 3.67. The van der Waals surface area contributed by atoms with Crippen molar-refractivity contribution in [3.8, 4) is 5.75 Å². The summed E-state index contributed by atoms with van der Waals surface area (Å²) in [6.07, 6.45) is 6.83. The molecule has 136 valence electrons. The molecular weight excluding hydrogens is 294 g/mol. The minimum atomic E-state index is 0.0606. The molecule has 0 aliphatic heterocycles. The fourth-order valence-corrected chi connectivity index (χ4v) is 3.08. The molecule has 2 heteroatoms. The second-order valence-corrected chi connectivity index (χ2v) is 7.84. The fraction of sp³-hybridized carbons (Fsp3) is 0.636. The molecule has 0 radical (unpaired) electrons. The average molecular weight is 332 g/mol. The molecule has 0 aromatic heterocycles. The normalized spacial score (nSPS) is 12.7. The minimum absolute atomic E-state index is 0.0606. The van der Waals surface area contributed by atoms with E-state index in [2.05, 4.69) is 71.1 Å². The molecule has 24 heavy (non-hydrogen) atoms. The molecule has 0 heterocycles. The zero-order valence-corrected chi connectivity index (χ0v) is 16.6. The molecule has 0 spiro atoms. The highest BCUT2D eigenvalue weighted by atomic mass is 16.5. The molecule has 1 rings (SSSR count). The van der Waals surface area contributed by atoms with E-state index in [0.717, 1.165) is 44.1 Å². The van der Waals surface area contributed by atoms with Crippen LogP contribution in [0.4, 0.5) is 0 Å². The van der Waals surface area contributed by atoms with Gasteiger partial charge in [-0.05, 0) is 76.6 Å². The Morgan fingerprint density at radius 3 is 2.71 bits per heavy atom. The highest BCUT2D eigenvalue weighted by Crippen LogP contribution is 2.17. The Hall–Kier alpha value is -1.28. The van der Waals surface area contributed by atoms with E-state index in [1.807, 2.05) is 6.07 Å². The third kappa shape index (κ3) is 9.12. The van der Waals surface area contributed by atoms with Crippen molar-refractivity contribution in [2.75, 3.05) is 13.2 Å². The molecule has 0 fully saturated rings. The largest absolute Gasteiger partial charge is 0.494 e. The van der Waals surface area contributed by atoms with Gasteiger partial charge in [-0.15, -0.1) is 0 Å². The van der Waals surface area contributed by atoms with Crippen molar-refractivity contribution < 1.29 is 4.74 Å². The van der Waals surface area contributed by atoms with E-state index in [0.29, 0.717) is 0 Å². The number of nitrogens with one attached hydrogen (secondary N) is 1. The van der Waals surface area contributed by atoms with Crippen molar-refractivity contribution >= 4 is 0 Å². The van der Waals surface area contributed by atoms with Gasteiger partial charge in [0.2, 0.25) is 0 Å². The van der Waals surface area contributed by atoms with Crippen LogP contribution in [0.2, 0.25) is 0 Å². The predicted octanol–water partition coefficient (Wildman–Crippen LogP) is 5.77. The summed E-state index contributed by atoms with van der Waals surface area (Å²) in [6.45, 7) is 15.3. The number of ether oxygens (including phenoxy) is 1. The van der Waals surface area contributed by atoms with Gasteiger partial charge in [-0.25, -0.2) is 0 Å². The van der Waals surface area contributed by atoms with Gasteiger partial charge in [0.25, 0.3) is 0 Å². The van der Waals surface area contributed by atoms with Crippen LogP contribution in [0.15, 0.2) is 35.9 Å². The monoisotopic (exact) mass is 331 g/mol. The van der Waals surface area contributed by atoms with Gasteiger partial charge in [-0.1, -0.05) is 44.6 Å². The summed E-state index contributed by atoms with van der Waals surface area (Å²) >= 11 is 0. The third-order valence-electron chi connectivity index (χ3n) is 3.93. The van der Waals surface area contributed by atoms with Crippen molar-refractivity contribution in [1.29, 1.82) is 0 Å². The zero-order chi connectivity index (χ0) is 18.0. The molecule has 0 amide bonds. The summed E-state index contributed by atoms with van der Waals surface area (Å²) in [6, 6.07) is 8.50. The van der Waals surface area contributed by atoms with Gasteiger partial charge in [-0.2, -0.15) is 0 Å². The quantitative estimate of drug-likeness (QED) is 0.410. The first-order valence-corrected chi connectivity index (χ1v) is 9.47. The number of aryl methyl sites for hydroxylation is 1. The summed E-state index contributed by atoms with van der Waals surface area (Å²) in [4.78, 5) is 0. The summed E-state index contributed by atoms with van der Waals surface area (Å²) < 4.78 is 5.71. The van der Waals surface area contributed by atoms with E-state index in [1.54, 1.807) is 0 Å². The number of hydrogen-bond donors (Lipinski definition) is 1. The highest BCUT2D eigenvalue weighted by Gasteiger charge is 2.13. The lowest BCUT2D eigenvalue weighted by molar-refractivity contribution is 0.317. The van der Waals surface area contributed by atoms with Crippen LogP contribution < -0.4 is 10.1 Å². The number of allylic oxidation sites excluding steroid dienone is 1. The first-order valence-electron chi connectivity index (χ1n) is 9.47. The molecule has 0 aliphatic carbocycles. The minimum Gasteiger partial charge on any atom is -0.494 e. The fourth-order valence-electron chi connectivity index (χ4n) is 3.08. The topological polar surface area (TPSA) is 21.3 Å². The lowest BCUT2D eigenvalue weighted by atomic mass is 9.96. The average Bonchev–Trinajstić information content (AvgIpc) is 2.48. The molecule has 1 aromatic carbocycles. The van der Waals surface area contributed by atoms with Gasteiger partial charge >= 0.3 is 0 Å². The van der Waals surface area contributed by atoms with E-state index < -0.39 is 0 Å². The van der Waals surface area contributed by atoms with Crippen LogP contribution in [0.25, 0.3) is 0 Å². The lowest BCUT2D eigenvalue weighted by Gasteiger charge is -2.24. The standard InChI is InChI=1S/C22H37NO/c1-7-14-24-21-12-8-10-20(16-21)11-9-13-23-22(5,6)17-19(4)15-18(2)3/h8,10,12,16-18,23H,7,9,11,13-15H2,1-6H3/b19-17+. The first-order chi connectivity index (χ1) is 11.3. The zero-order valence-electron chi connectivity index (χ0n) is 16.6. The maximum atomic E-state index is 5.71. The molecule has 0 bridgehead atoms. The van der Waals surface area contributed by atoms with Crippen molar-refractivity contribution in [1.82, 2.24) is 5.32 Å². The van der Waals surface area contributed by atoms with Crippen molar-refractivity contribution in [3.05, 3.63) is 41.5 Å². The van der Waals surface area contributed by atoms with Crippen LogP contribution in [0, 0.1) is 5.92 Å². The highest BCUT2D eigenvalue weighted by molar-refractivity contribution is 5.28. The summed E-state index contributed by atoms with van der Waals surface area (Å²) in [7, 11) is 0. The van der Waals surface area contributed by atoms with Crippen LogP contribution in [0.3, 0.4) is 0 Å². The van der Waals surface area contributed by atoms with Crippen molar-refractivity contribution in [2.45, 2.75) is 72.8 Å². The SMILES string of the molecule is CCCOc1cccc(CCCNC(C)(C)/C=C(\C)CC(C)C)c1. The van der Waals surface area contributed by atoms with E-state index in [4.69, 9.17) is 4.74 Å². The maximum Gasteiger partial charge on any atom is 0.119 e. The first kappa shape index (κ1) is 20.8. The Morgan fingerprint density at radius 1 is 1.29 bits per heavy atom. The van der Waals surface area contributed by atoms with E-state index >= 15 is 0 Å². The van der Waals surface area contributed by atoms with Crippen LogP contribution in [0.5, 0.6) is 5.75 Å². The van der Waals surface area contributed by atoms with E-state index in [9.17, 15) is 0 Å². The van der Waals surface area contributed by atoms with Crippen LogP contribution >= 0.6 is 0 Å². The Balaban J connectivity index is 2.39. The number of benzene rings is 1. The summed E-state index contributed by atoms with van der Waals surface area (Å²) in [5.41, 5.74) is 2.89. The molecule has 0 aliphatic rings. The second-order valence-electron chi connectivity index (χ2n) is 7.84. The Morgan fingerprint density at radius 2 is 2.04 bits per heavy atom. The molecule has 0 unspecified atom stereocenters. The van der Waals surface area contributed by atoms with Gasteiger partial charge < -0.3 is 10.1 Å². The summed E-state index contributed by atoms with van der Waals surface area (Å²) in [5.74, 6) is 1.72. The Bertz CT molecular complexity index is 502. The molecule has 0 atom stereocenters. The number of rotatable bonds is 11. The predicted molar refractivity (Wildman–Crippen MR) is 106 cm³/mol. The Kier molecular flexibility index (Phi) is 9.13. The van der Waals surface area contributed by atoms with E-state index in [1.165, 1.54) is 17.6 Å². The molecule has 1 N–H and O–H groups in total. The Labute approximate surface area is 149 Å². The molecule has 0 saturated carbocycles. The van der Waals surface area contributed by atoms with Gasteiger partial charge in [0.15, 0.2) is 0 Å². The van der Waals surface area contributed by atoms with Gasteiger partial charge in [0.05, 0.1) is 6.61 Å². The van der Waals surface area contributed by atoms with Crippen molar-refractivity contribution in [3.63, 3.8) is 0 Å². The maximum absolute atomic E-state index is 5.71. The van der Waals surface area contributed by atoms with Crippen molar-refractivity contribution in [2.24, 2.45) is 5.92 Å². The van der Waals surface area contributed by atoms with Gasteiger partial charge in [0.1, 0.15) is 5.75 Å². The van der Waals surface area contributed by atoms with Crippen LogP contribution in [0.1, 0.15) is 66.4 Å². The lowest BCUT2D eigenvalue weighted by Crippen LogP contribution is -2.38.